The van der Waals surface area contributed by atoms with Gasteiger partial charge in [-0.05, 0) is 59.2 Å². The molecule has 1 aliphatic rings. The van der Waals surface area contributed by atoms with Crippen molar-refractivity contribution in [2.75, 3.05) is 6.54 Å². The van der Waals surface area contributed by atoms with E-state index in [0.717, 1.165) is 24.5 Å². The number of piperidine rings is 1. The van der Waals surface area contributed by atoms with Crippen LogP contribution in [0, 0.1) is 6.92 Å². The van der Waals surface area contributed by atoms with E-state index in [4.69, 9.17) is 10.2 Å². The van der Waals surface area contributed by atoms with Crippen LogP contribution in [0.5, 0.6) is 0 Å². The molecule has 96 valence electrons. The topological polar surface area (TPSA) is 42.4 Å². The highest BCUT2D eigenvalue weighted by molar-refractivity contribution is 5.14. The smallest absolute Gasteiger partial charge is 0.122 e. The van der Waals surface area contributed by atoms with Crippen LogP contribution in [0.15, 0.2) is 16.5 Å². The lowest BCUT2D eigenvalue weighted by molar-refractivity contribution is 0.0271. The van der Waals surface area contributed by atoms with Crippen molar-refractivity contribution < 1.29 is 4.42 Å². The molecule has 2 heterocycles. The van der Waals surface area contributed by atoms with E-state index in [1.807, 2.05) is 13.0 Å². The van der Waals surface area contributed by atoms with Gasteiger partial charge in [-0.2, -0.15) is 0 Å². The highest BCUT2D eigenvalue weighted by Gasteiger charge is 2.38. The number of rotatable bonds is 1. The summed E-state index contributed by atoms with van der Waals surface area (Å²) in [5.74, 6) is 1.98. The van der Waals surface area contributed by atoms with Crippen LogP contribution in [0.3, 0.4) is 0 Å². The molecule has 17 heavy (non-hydrogen) atoms. The number of nitrogens with zero attached hydrogens (tertiary/aromatic N) is 1. The van der Waals surface area contributed by atoms with Gasteiger partial charge in [0.05, 0.1) is 6.04 Å². The third-order valence-electron chi connectivity index (χ3n) is 3.59. The Morgan fingerprint density at radius 1 is 1.35 bits per heavy atom. The minimum atomic E-state index is 0.128. The molecule has 3 heteroatoms. The molecule has 3 nitrogen and oxygen atoms in total. The molecule has 1 aliphatic heterocycles. The Kier molecular flexibility index (Phi) is 3.32. The van der Waals surface area contributed by atoms with Gasteiger partial charge in [0.2, 0.25) is 0 Å². The van der Waals surface area contributed by atoms with Crippen molar-refractivity contribution in [2.24, 2.45) is 5.73 Å². The van der Waals surface area contributed by atoms with E-state index < -0.39 is 0 Å². The average Bonchev–Trinajstić information content (AvgIpc) is 2.63. The van der Waals surface area contributed by atoms with Gasteiger partial charge < -0.3 is 10.2 Å². The van der Waals surface area contributed by atoms with E-state index >= 15 is 0 Å². The fourth-order valence-electron chi connectivity index (χ4n) is 2.76. The third kappa shape index (κ3) is 2.55. The minimum absolute atomic E-state index is 0.128. The highest BCUT2D eigenvalue weighted by Crippen LogP contribution is 2.36. The summed E-state index contributed by atoms with van der Waals surface area (Å²) in [5.41, 5.74) is 6.43. The highest BCUT2D eigenvalue weighted by atomic mass is 16.3. The average molecular weight is 236 g/mol. The first kappa shape index (κ1) is 12.7. The number of furan rings is 1. The van der Waals surface area contributed by atoms with Gasteiger partial charge in [0.15, 0.2) is 0 Å². The lowest BCUT2D eigenvalue weighted by atomic mass is 9.90. The van der Waals surface area contributed by atoms with Crippen molar-refractivity contribution in [1.82, 2.24) is 4.90 Å². The Balaban J connectivity index is 2.31. The number of hydrogen-bond acceptors (Lipinski definition) is 3. The summed E-state index contributed by atoms with van der Waals surface area (Å²) in [6, 6.07) is 4.49. The molecular formula is C14H24N2O. The molecule has 0 radical (unpaired) electrons. The summed E-state index contributed by atoms with van der Waals surface area (Å²) in [5, 5.41) is 0. The number of nitrogens with two attached hydrogens (primary N) is 1. The van der Waals surface area contributed by atoms with E-state index in [2.05, 4.69) is 31.7 Å². The van der Waals surface area contributed by atoms with Gasteiger partial charge in [-0.3, -0.25) is 4.90 Å². The molecule has 1 fully saturated rings. The second kappa shape index (κ2) is 4.46. The van der Waals surface area contributed by atoms with Gasteiger partial charge in [-0.1, -0.05) is 0 Å². The fourth-order valence-corrected chi connectivity index (χ4v) is 2.76. The summed E-state index contributed by atoms with van der Waals surface area (Å²) in [7, 11) is 0. The molecule has 0 aromatic carbocycles. The third-order valence-corrected chi connectivity index (χ3v) is 3.59. The molecule has 0 bridgehead atoms. The number of hydrogen-bond donors (Lipinski definition) is 1. The molecule has 1 saturated heterocycles. The molecule has 2 unspecified atom stereocenters. The Labute approximate surface area is 104 Å². The first-order valence-corrected chi connectivity index (χ1v) is 6.48. The van der Waals surface area contributed by atoms with E-state index in [1.165, 1.54) is 6.42 Å². The number of aryl methyl sites for hydroxylation is 1. The quantitative estimate of drug-likeness (QED) is 0.815. The molecular weight excluding hydrogens is 212 g/mol. The fraction of sp³-hybridized carbons (Fsp3) is 0.714. The summed E-state index contributed by atoms with van der Waals surface area (Å²) in [6.45, 7) is 9.82. The first-order valence-electron chi connectivity index (χ1n) is 6.48. The van der Waals surface area contributed by atoms with Crippen LogP contribution in [0.1, 0.15) is 51.2 Å². The van der Waals surface area contributed by atoms with Crippen molar-refractivity contribution in [3.63, 3.8) is 0 Å². The minimum Gasteiger partial charge on any atom is -0.465 e. The van der Waals surface area contributed by atoms with E-state index in [0.29, 0.717) is 0 Å². The molecule has 2 atom stereocenters. The molecule has 0 amide bonds. The first-order chi connectivity index (χ1) is 7.89. The van der Waals surface area contributed by atoms with Crippen LogP contribution in [0.2, 0.25) is 0 Å². The molecule has 2 N–H and O–H groups in total. The van der Waals surface area contributed by atoms with Gasteiger partial charge in [0.1, 0.15) is 11.5 Å². The lowest BCUT2D eigenvalue weighted by Gasteiger charge is -2.46. The van der Waals surface area contributed by atoms with Gasteiger partial charge in [-0.25, -0.2) is 0 Å². The van der Waals surface area contributed by atoms with Crippen LogP contribution < -0.4 is 5.73 Å². The largest absolute Gasteiger partial charge is 0.465 e. The lowest BCUT2D eigenvalue weighted by Crippen LogP contribution is -2.53. The van der Waals surface area contributed by atoms with Crippen LogP contribution in [0.4, 0.5) is 0 Å². The Morgan fingerprint density at radius 3 is 2.59 bits per heavy atom. The standard InChI is InChI=1S/C14H24N2O/c1-10-7-8-12(17-10)13-11(15)6-5-9-16(13)14(2,3)4/h7-8,11,13H,5-6,9,15H2,1-4H3. The normalized spacial score (nSPS) is 27.4. The van der Waals surface area contributed by atoms with Crippen molar-refractivity contribution in [3.8, 4) is 0 Å². The van der Waals surface area contributed by atoms with Gasteiger partial charge in [0, 0.05) is 11.6 Å². The Hall–Kier alpha value is -0.800. The molecule has 2 rings (SSSR count). The molecule has 1 aromatic heterocycles. The van der Waals surface area contributed by atoms with Gasteiger partial charge in [0.25, 0.3) is 0 Å². The predicted molar refractivity (Wildman–Crippen MR) is 69.9 cm³/mol. The molecule has 0 aliphatic carbocycles. The van der Waals surface area contributed by atoms with Crippen LogP contribution in [0.25, 0.3) is 0 Å². The predicted octanol–water partition coefficient (Wildman–Crippen LogP) is 2.85. The Morgan fingerprint density at radius 2 is 2.06 bits per heavy atom. The SMILES string of the molecule is Cc1ccc(C2C(N)CCCN2C(C)(C)C)o1. The zero-order valence-corrected chi connectivity index (χ0v) is 11.4. The van der Waals surface area contributed by atoms with E-state index in [-0.39, 0.29) is 17.6 Å². The van der Waals surface area contributed by atoms with Crippen LogP contribution >= 0.6 is 0 Å². The van der Waals surface area contributed by atoms with Crippen molar-refractivity contribution in [2.45, 2.75) is 58.2 Å². The maximum absolute atomic E-state index is 6.31. The van der Waals surface area contributed by atoms with Crippen molar-refractivity contribution in [1.29, 1.82) is 0 Å². The Bertz CT molecular complexity index is 378. The van der Waals surface area contributed by atoms with Crippen molar-refractivity contribution >= 4 is 0 Å². The second-order valence-electron chi connectivity index (χ2n) is 6.06. The monoisotopic (exact) mass is 236 g/mol. The van der Waals surface area contributed by atoms with E-state index in [1.54, 1.807) is 0 Å². The van der Waals surface area contributed by atoms with Crippen molar-refractivity contribution in [3.05, 3.63) is 23.7 Å². The van der Waals surface area contributed by atoms with Crippen LogP contribution in [-0.2, 0) is 0 Å². The zero-order valence-electron chi connectivity index (χ0n) is 11.4. The maximum atomic E-state index is 6.31. The summed E-state index contributed by atoms with van der Waals surface area (Å²) in [6.07, 6.45) is 2.26. The van der Waals surface area contributed by atoms with Crippen LogP contribution in [-0.4, -0.2) is 23.0 Å². The van der Waals surface area contributed by atoms with Gasteiger partial charge >= 0.3 is 0 Å². The van der Waals surface area contributed by atoms with E-state index in [9.17, 15) is 0 Å². The molecule has 1 aromatic rings. The summed E-state index contributed by atoms with van der Waals surface area (Å²) in [4.78, 5) is 2.47. The zero-order chi connectivity index (χ0) is 12.6. The summed E-state index contributed by atoms with van der Waals surface area (Å²) >= 11 is 0. The molecule has 0 spiro atoms. The van der Waals surface area contributed by atoms with Gasteiger partial charge in [-0.15, -0.1) is 0 Å². The second-order valence-corrected chi connectivity index (χ2v) is 6.06. The number of likely N-dealkylation sites (tertiary alicyclic amines) is 1. The molecule has 0 saturated carbocycles. The maximum Gasteiger partial charge on any atom is 0.122 e. The summed E-state index contributed by atoms with van der Waals surface area (Å²) < 4.78 is 5.80.